The quantitative estimate of drug-likeness (QED) is 0.460. The molecule has 82 valence electrons. The zero-order valence-corrected chi connectivity index (χ0v) is 10.4. The van der Waals surface area contributed by atoms with Crippen molar-refractivity contribution >= 4 is 17.6 Å². The van der Waals surface area contributed by atoms with Crippen LogP contribution >= 0.6 is 11.8 Å². The Morgan fingerprint density at radius 3 is 2.53 bits per heavy atom. The van der Waals surface area contributed by atoms with Gasteiger partial charge in [0.2, 0.25) is 0 Å². The van der Waals surface area contributed by atoms with Gasteiger partial charge in [0.1, 0.15) is 10.9 Å². The van der Waals surface area contributed by atoms with Gasteiger partial charge >= 0.3 is 0 Å². The summed E-state index contributed by atoms with van der Waals surface area (Å²) in [5.74, 6) is 0.0901. The van der Waals surface area contributed by atoms with Crippen LogP contribution in [0.3, 0.4) is 0 Å². The van der Waals surface area contributed by atoms with Crippen molar-refractivity contribution in [1.29, 1.82) is 5.41 Å². The fraction of sp³-hybridized carbons (Fsp3) is 0.455. The normalized spacial score (nSPS) is 11.5. The number of nitrogen functional groups attached to an aromatic ring is 1. The number of rotatable bonds is 2. The Labute approximate surface area is 95.0 Å². The first-order valence-corrected chi connectivity index (χ1v) is 5.62. The van der Waals surface area contributed by atoms with E-state index < -0.39 is 0 Å². The van der Waals surface area contributed by atoms with Gasteiger partial charge in [-0.1, -0.05) is 32.5 Å². The van der Waals surface area contributed by atoms with E-state index in [1.54, 1.807) is 18.0 Å². The van der Waals surface area contributed by atoms with Gasteiger partial charge in [0.15, 0.2) is 0 Å². The van der Waals surface area contributed by atoms with Gasteiger partial charge in [-0.15, -0.1) is 0 Å². The van der Waals surface area contributed by atoms with Gasteiger partial charge in [-0.3, -0.25) is 5.41 Å². The summed E-state index contributed by atoms with van der Waals surface area (Å²) in [6.07, 6.45) is 1.76. The minimum absolute atomic E-state index is 0.0744. The zero-order chi connectivity index (χ0) is 11.6. The molecule has 0 unspecified atom stereocenters. The maximum absolute atomic E-state index is 7.55. The number of nitrogens with zero attached hydrogens (tertiary/aromatic N) is 1. The largest absolute Gasteiger partial charge is 0.384 e. The molecule has 0 radical (unpaired) electrons. The molecule has 0 atom stereocenters. The van der Waals surface area contributed by atoms with E-state index in [2.05, 4.69) is 25.8 Å². The van der Waals surface area contributed by atoms with Crippen LogP contribution in [0.2, 0.25) is 0 Å². The zero-order valence-electron chi connectivity index (χ0n) is 9.59. The molecule has 0 aromatic carbocycles. The van der Waals surface area contributed by atoms with E-state index in [-0.39, 0.29) is 10.6 Å². The summed E-state index contributed by atoms with van der Waals surface area (Å²) in [6, 6.07) is 1.88. The molecule has 0 aliphatic rings. The minimum atomic E-state index is 0.0744. The third kappa shape index (κ3) is 3.23. The van der Waals surface area contributed by atoms with Crippen LogP contribution in [-0.2, 0) is 0 Å². The minimum Gasteiger partial charge on any atom is -0.384 e. The summed E-state index contributed by atoms with van der Waals surface area (Å²) in [5.41, 5.74) is 7.33. The van der Waals surface area contributed by atoms with E-state index in [0.717, 1.165) is 16.2 Å². The van der Waals surface area contributed by atoms with E-state index in [1.165, 1.54) is 0 Å². The number of thioether (sulfide) groups is 1. The molecule has 15 heavy (non-hydrogen) atoms. The van der Waals surface area contributed by atoms with Gasteiger partial charge in [-0.05, 0) is 18.6 Å². The van der Waals surface area contributed by atoms with Crippen LogP contribution in [0.5, 0.6) is 0 Å². The number of hydrogen-bond acceptors (Lipinski definition) is 3. The van der Waals surface area contributed by atoms with E-state index in [9.17, 15) is 0 Å². The van der Waals surface area contributed by atoms with E-state index in [1.807, 2.05) is 13.0 Å². The van der Waals surface area contributed by atoms with Crippen LogP contribution in [0.4, 0.5) is 0 Å². The summed E-state index contributed by atoms with van der Waals surface area (Å²) in [6.45, 7) is 8.30. The van der Waals surface area contributed by atoms with Gasteiger partial charge in [0, 0.05) is 10.9 Å². The Hall–Kier alpha value is -1.03. The van der Waals surface area contributed by atoms with Crippen molar-refractivity contribution in [3.8, 4) is 0 Å². The number of aryl methyl sites for hydroxylation is 1. The highest BCUT2D eigenvalue weighted by atomic mass is 32.2. The molecule has 0 aliphatic heterocycles. The SMILES string of the molecule is Cc1ccnc(SC(C)(C)C)c1C(=N)N. The summed E-state index contributed by atoms with van der Waals surface area (Å²) < 4.78 is 0.0744. The first-order valence-electron chi connectivity index (χ1n) is 4.80. The second-order valence-corrected chi connectivity index (χ2v) is 6.25. The molecule has 0 aliphatic carbocycles. The standard InChI is InChI=1S/C11H17N3S/c1-7-5-6-14-10(8(7)9(12)13)15-11(2,3)4/h5-6H,1-4H3,(H3,12,13). The molecule has 0 fully saturated rings. The topological polar surface area (TPSA) is 62.8 Å². The molecule has 0 bridgehead atoms. The third-order valence-electron chi connectivity index (χ3n) is 1.80. The molecule has 0 saturated heterocycles. The Balaban J connectivity index is 3.18. The van der Waals surface area contributed by atoms with Gasteiger partial charge in [0.05, 0.1) is 5.56 Å². The predicted octanol–water partition coefficient (Wildman–Crippen LogP) is 2.56. The van der Waals surface area contributed by atoms with Crippen molar-refractivity contribution in [2.45, 2.75) is 37.5 Å². The van der Waals surface area contributed by atoms with Crippen LogP contribution in [-0.4, -0.2) is 15.6 Å². The molecule has 4 heteroatoms. The van der Waals surface area contributed by atoms with Gasteiger partial charge < -0.3 is 5.73 Å². The molecular weight excluding hydrogens is 206 g/mol. The van der Waals surface area contributed by atoms with Gasteiger partial charge in [-0.2, -0.15) is 0 Å². The number of pyridine rings is 1. The first-order chi connectivity index (χ1) is 6.81. The van der Waals surface area contributed by atoms with E-state index in [4.69, 9.17) is 11.1 Å². The van der Waals surface area contributed by atoms with Gasteiger partial charge in [0.25, 0.3) is 0 Å². The third-order valence-corrected chi connectivity index (χ3v) is 2.91. The maximum atomic E-state index is 7.55. The molecule has 1 aromatic heterocycles. The molecule has 3 N–H and O–H groups in total. The summed E-state index contributed by atoms with van der Waals surface area (Å²) in [5, 5.41) is 8.39. The van der Waals surface area contributed by atoms with Crippen molar-refractivity contribution in [2.75, 3.05) is 0 Å². The lowest BCUT2D eigenvalue weighted by molar-refractivity contribution is 0.798. The molecule has 0 spiro atoms. The second kappa shape index (κ2) is 4.23. The summed E-state index contributed by atoms with van der Waals surface area (Å²) in [7, 11) is 0. The Bertz CT molecular complexity index is 380. The highest BCUT2D eigenvalue weighted by Gasteiger charge is 2.18. The lowest BCUT2D eigenvalue weighted by Crippen LogP contribution is -2.17. The number of aromatic nitrogens is 1. The molecule has 0 amide bonds. The highest BCUT2D eigenvalue weighted by Crippen LogP contribution is 2.33. The van der Waals surface area contributed by atoms with E-state index >= 15 is 0 Å². The molecule has 1 heterocycles. The van der Waals surface area contributed by atoms with Crippen molar-refractivity contribution in [1.82, 2.24) is 4.98 Å². The monoisotopic (exact) mass is 223 g/mol. The maximum Gasteiger partial charge on any atom is 0.125 e. The predicted molar refractivity (Wildman–Crippen MR) is 65.6 cm³/mol. The lowest BCUT2D eigenvalue weighted by Gasteiger charge is -2.19. The lowest BCUT2D eigenvalue weighted by atomic mass is 10.1. The van der Waals surface area contributed by atoms with Crippen LogP contribution in [0, 0.1) is 12.3 Å². The van der Waals surface area contributed by atoms with E-state index in [0.29, 0.717) is 0 Å². The average molecular weight is 223 g/mol. The Morgan fingerprint density at radius 1 is 1.47 bits per heavy atom. The van der Waals surface area contributed by atoms with Crippen LogP contribution in [0.1, 0.15) is 31.9 Å². The Kier molecular flexibility index (Phi) is 3.39. The fourth-order valence-electron chi connectivity index (χ4n) is 1.23. The number of hydrogen-bond donors (Lipinski definition) is 2. The van der Waals surface area contributed by atoms with Crippen LogP contribution in [0.15, 0.2) is 17.3 Å². The fourth-order valence-corrected chi connectivity index (χ4v) is 2.29. The number of amidine groups is 1. The van der Waals surface area contributed by atoms with Crippen LogP contribution in [0.25, 0.3) is 0 Å². The van der Waals surface area contributed by atoms with Crippen molar-refractivity contribution in [3.63, 3.8) is 0 Å². The first kappa shape index (κ1) is 12.0. The summed E-state index contributed by atoms with van der Waals surface area (Å²) >= 11 is 1.64. The van der Waals surface area contributed by atoms with Crippen molar-refractivity contribution < 1.29 is 0 Å². The van der Waals surface area contributed by atoms with Crippen molar-refractivity contribution in [3.05, 3.63) is 23.4 Å². The molecule has 3 nitrogen and oxygen atoms in total. The number of nitrogens with two attached hydrogens (primary N) is 1. The molecular formula is C11H17N3S. The van der Waals surface area contributed by atoms with Crippen LogP contribution < -0.4 is 5.73 Å². The highest BCUT2D eigenvalue weighted by molar-refractivity contribution is 8.00. The summed E-state index contributed by atoms with van der Waals surface area (Å²) in [4.78, 5) is 4.29. The smallest absolute Gasteiger partial charge is 0.125 e. The Morgan fingerprint density at radius 2 is 2.07 bits per heavy atom. The molecule has 1 aromatic rings. The molecule has 1 rings (SSSR count). The van der Waals surface area contributed by atoms with Gasteiger partial charge in [-0.25, -0.2) is 4.98 Å². The molecule has 0 saturated carbocycles. The second-order valence-electron chi connectivity index (χ2n) is 4.44. The average Bonchev–Trinajstić information content (AvgIpc) is 1.99. The van der Waals surface area contributed by atoms with Crippen molar-refractivity contribution in [2.24, 2.45) is 5.73 Å². The number of nitrogens with one attached hydrogen (secondary N) is 1.